The molecule has 2 N–H and O–H groups in total. The van der Waals surface area contributed by atoms with E-state index in [0.29, 0.717) is 19.1 Å². The summed E-state index contributed by atoms with van der Waals surface area (Å²) < 4.78 is 32.8. The largest absolute Gasteiger partial charge is 0.502 e. The summed E-state index contributed by atoms with van der Waals surface area (Å²) >= 11 is 0. The number of carbonyl (C=O) groups is 3. The monoisotopic (exact) mass is 464 g/mol. The number of ether oxygens (including phenoxy) is 1. The number of nitrogens with one attached hydrogen (secondary N) is 1. The van der Waals surface area contributed by atoms with Crippen LogP contribution in [0.1, 0.15) is 39.8 Å². The number of hydrogen-bond acceptors (Lipinski definition) is 6. The van der Waals surface area contributed by atoms with Crippen LogP contribution in [0, 0.1) is 11.6 Å². The molecule has 1 aliphatic rings. The molecular formula is C21H22F2N4O6. The van der Waals surface area contributed by atoms with Crippen molar-refractivity contribution in [2.45, 2.75) is 19.9 Å². The highest BCUT2D eigenvalue weighted by Gasteiger charge is 2.35. The Labute approximate surface area is 186 Å². The molecule has 1 aromatic heterocycles. The number of aromatic nitrogens is 1. The predicted molar refractivity (Wildman–Crippen MR) is 111 cm³/mol. The van der Waals surface area contributed by atoms with Crippen molar-refractivity contribution in [3.05, 3.63) is 63.1 Å². The summed E-state index contributed by atoms with van der Waals surface area (Å²) in [5.41, 5.74) is -2.18. The van der Waals surface area contributed by atoms with Crippen LogP contribution in [0.2, 0.25) is 0 Å². The fourth-order valence-corrected chi connectivity index (χ4v) is 3.34. The number of hydrogen-bond donors (Lipinski definition) is 2. The van der Waals surface area contributed by atoms with E-state index in [1.807, 2.05) is 0 Å². The van der Waals surface area contributed by atoms with Gasteiger partial charge < -0.3 is 20.1 Å². The average Bonchev–Trinajstić information content (AvgIpc) is 2.76. The zero-order valence-electron chi connectivity index (χ0n) is 17.9. The smallest absolute Gasteiger partial charge is 0.277 e. The summed E-state index contributed by atoms with van der Waals surface area (Å²) in [7, 11) is 1.50. The highest BCUT2D eigenvalue weighted by Crippen LogP contribution is 2.22. The topological polar surface area (TPSA) is 121 Å². The Morgan fingerprint density at radius 2 is 1.97 bits per heavy atom. The van der Waals surface area contributed by atoms with Gasteiger partial charge in [-0.2, -0.15) is 0 Å². The molecule has 33 heavy (non-hydrogen) atoms. The average molecular weight is 464 g/mol. The number of methoxy groups -OCH3 is 1. The van der Waals surface area contributed by atoms with E-state index in [-0.39, 0.29) is 25.3 Å². The molecule has 0 saturated carbocycles. The van der Waals surface area contributed by atoms with E-state index < -0.39 is 51.8 Å². The molecular weight excluding hydrogens is 442 g/mol. The molecule has 10 nitrogen and oxygen atoms in total. The number of fused-ring (bicyclic) bond motifs is 1. The summed E-state index contributed by atoms with van der Waals surface area (Å²) in [6.45, 7) is 1.25. The molecule has 0 spiro atoms. The number of halogens is 2. The number of nitrogens with zero attached hydrogens (tertiary/aromatic N) is 3. The molecule has 1 aliphatic heterocycles. The summed E-state index contributed by atoms with van der Waals surface area (Å²) in [6, 6.07) is 2.80. The van der Waals surface area contributed by atoms with Gasteiger partial charge in [0.2, 0.25) is 11.3 Å². The van der Waals surface area contributed by atoms with Gasteiger partial charge in [-0.25, -0.2) is 18.5 Å². The Balaban J connectivity index is 1.93. The summed E-state index contributed by atoms with van der Waals surface area (Å²) in [5.74, 6) is -4.86. The number of benzene rings is 1. The van der Waals surface area contributed by atoms with E-state index >= 15 is 0 Å². The maximum atomic E-state index is 13.8. The van der Waals surface area contributed by atoms with Crippen LogP contribution >= 0.6 is 0 Å². The van der Waals surface area contributed by atoms with Crippen molar-refractivity contribution < 1.29 is 33.0 Å². The molecule has 3 rings (SSSR count). The normalized spacial score (nSPS) is 13.2. The van der Waals surface area contributed by atoms with Crippen LogP contribution in [0.15, 0.2) is 29.2 Å². The van der Waals surface area contributed by atoms with E-state index in [4.69, 9.17) is 4.74 Å². The lowest BCUT2D eigenvalue weighted by Gasteiger charge is -2.38. The maximum Gasteiger partial charge on any atom is 0.277 e. The van der Waals surface area contributed by atoms with Gasteiger partial charge in [-0.1, -0.05) is 6.07 Å². The van der Waals surface area contributed by atoms with Gasteiger partial charge in [0, 0.05) is 51.6 Å². The minimum Gasteiger partial charge on any atom is -0.502 e. The maximum absolute atomic E-state index is 13.8. The van der Waals surface area contributed by atoms with Crippen molar-refractivity contribution in [3.8, 4) is 5.75 Å². The molecule has 0 fully saturated rings. The van der Waals surface area contributed by atoms with Gasteiger partial charge in [0.25, 0.3) is 11.8 Å². The first-order chi connectivity index (χ1) is 15.6. The Hall–Kier alpha value is -3.80. The van der Waals surface area contributed by atoms with Gasteiger partial charge in [-0.05, 0) is 12.5 Å². The Morgan fingerprint density at radius 3 is 2.61 bits per heavy atom. The molecule has 1 aromatic carbocycles. The second kappa shape index (κ2) is 9.77. The summed E-state index contributed by atoms with van der Waals surface area (Å²) in [4.78, 5) is 51.6. The second-order valence-electron chi connectivity index (χ2n) is 7.31. The Bertz CT molecular complexity index is 1170. The number of rotatable bonds is 7. The van der Waals surface area contributed by atoms with Crippen LogP contribution in [0.3, 0.4) is 0 Å². The lowest BCUT2D eigenvalue weighted by Crippen LogP contribution is -2.56. The molecule has 0 atom stereocenters. The molecule has 0 bridgehead atoms. The fourth-order valence-electron chi connectivity index (χ4n) is 3.34. The first-order valence-corrected chi connectivity index (χ1v) is 9.93. The van der Waals surface area contributed by atoms with E-state index in [1.165, 1.54) is 18.9 Å². The van der Waals surface area contributed by atoms with Crippen LogP contribution in [-0.4, -0.2) is 59.3 Å². The van der Waals surface area contributed by atoms with Crippen molar-refractivity contribution in [1.82, 2.24) is 14.9 Å². The highest BCUT2D eigenvalue weighted by molar-refractivity contribution is 6.01. The zero-order chi connectivity index (χ0) is 24.3. The van der Waals surface area contributed by atoms with Crippen molar-refractivity contribution >= 4 is 17.7 Å². The van der Waals surface area contributed by atoms with Crippen LogP contribution in [0.5, 0.6) is 5.75 Å². The van der Waals surface area contributed by atoms with Crippen molar-refractivity contribution in [1.29, 1.82) is 0 Å². The summed E-state index contributed by atoms with van der Waals surface area (Å²) in [5, 5.41) is 13.9. The second-order valence-corrected chi connectivity index (χ2v) is 7.31. The Kier molecular flexibility index (Phi) is 7.07. The number of aromatic hydroxyl groups is 1. The predicted octanol–water partition coefficient (Wildman–Crippen LogP) is 0.696. The molecule has 2 heterocycles. The van der Waals surface area contributed by atoms with Gasteiger partial charge in [0.05, 0.1) is 0 Å². The van der Waals surface area contributed by atoms with Crippen LogP contribution in [0.4, 0.5) is 8.78 Å². The van der Waals surface area contributed by atoms with E-state index in [1.54, 1.807) is 0 Å². The van der Waals surface area contributed by atoms with E-state index in [9.17, 15) is 33.1 Å². The van der Waals surface area contributed by atoms with E-state index in [0.717, 1.165) is 28.0 Å². The van der Waals surface area contributed by atoms with Gasteiger partial charge in [0.1, 0.15) is 23.9 Å². The van der Waals surface area contributed by atoms with Crippen molar-refractivity contribution in [3.63, 3.8) is 0 Å². The fraction of sp³-hybridized carbons (Fsp3) is 0.333. The van der Waals surface area contributed by atoms with Crippen LogP contribution in [-0.2, 0) is 16.1 Å². The molecule has 3 amide bonds. The molecule has 0 radical (unpaired) electrons. The number of carbonyl (C=O) groups excluding carboxylic acids is 3. The Morgan fingerprint density at radius 1 is 1.24 bits per heavy atom. The van der Waals surface area contributed by atoms with E-state index in [2.05, 4.69) is 5.32 Å². The molecule has 0 unspecified atom stereocenters. The van der Waals surface area contributed by atoms with Crippen LogP contribution < -0.4 is 15.8 Å². The third kappa shape index (κ3) is 4.85. The SMILES string of the molecule is COCCCN1CN(C(C)=O)n2cc(C(=O)NCc3ccc(F)cc3F)c(=O)c(O)c2C1=O. The first-order valence-electron chi connectivity index (χ1n) is 9.93. The first kappa shape index (κ1) is 23.9. The van der Waals surface area contributed by atoms with Crippen molar-refractivity contribution in [2.24, 2.45) is 0 Å². The quantitative estimate of drug-likeness (QED) is 0.582. The third-order valence-electron chi connectivity index (χ3n) is 5.06. The molecule has 176 valence electrons. The minimum atomic E-state index is -1.13. The highest BCUT2D eigenvalue weighted by atomic mass is 19.1. The number of amides is 3. The lowest BCUT2D eigenvalue weighted by molar-refractivity contribution is -0.118. The molecule has 2 aromatic rings. The van der Waals surface area contributed by atoms with Crippen LogP contribution in [0.25, 0.3) is 0 Å². The minimum absolute atomic E-state index is 0.0284. The molecule has 12 heteroatoms. The zero-order valence-corrected chi connectivity index (χ0v) is 17.9. The van der Waals surface area contributed by atoms with Gasteiger partial charge in [-0.15, -0.1) is 0 Å². The lowest BCUT2D eigenvalue weighted by atomic mass is 10.1. The van der Waals surface area contributed by atoms with Gasteiger partial charge >= 0.3 is 0 Å². The molecule has 0 aliphatic carbocycles. The number of pyridine rings is 1. The van der Waals surface area contributed by atoms with Gasteiger partial charge in [-0.3, -0.25) is 19.2 Å². The van der Waals surface area contributed by atoms with Gasteiger partial charge in [0.15, 0.2) is 11.4 Å². The summed E-state index contributed by atoms with van der Waals surface area (Å²) in [6.07, 6.45) is 1.43. The van der Waals surface area contributed by atoms with Crippen molar-refractivity contribution in [2.75, 3.05) is 31.9 Å². The standard InChI is InChI=1S/C21H22F2N4O6/c1-12(28)27-11-25(6-3-7-33-2)21(32)17-19(30)18(29)15(10-26(17)27)20(31)24-9-13-4-5-14(22)8-16(13)23/h4-5,8,10,30H,3,6-7,9,11H2,1-2H3,(H,24,31). The third-order valence-corrected chi connectivity index (χ3v) is 5.06. The molecule has 0 saturated heterocycles.